The van der Waals surface area contributed by atoms with Gasteiger partial charge in [0.1, 0.15) is 0 Å². The lowest BCUT2D eigenvalue weighted by Crippen LogP contribution is -2.48. The summed E-state index contributed by atoms with van der Waals surface area (Å²) < 4.78 is 0. The van der Waals surface area contributed by atoms with E-state index in [1.165, 1.54) is 0 Å². The van der Waals surface area contributed by atoms with Gasteiger partial charge in [-0.2, -0.15) is 0 Å². The predicted molar refractivity (Wildman–Crippen MR) is 55.9 cm³/mol. The van der Waals surface area contributed by atoms with Crippen LogP contribution in [-0.4, -0.2) is 21.9 Å². The van der Waals surface area contributed by atoms with Crippen molar-refractivity contribution >= 4 is 0 Å². The molecule has 2 aliphatic rings. The van der Waals surface area contributed by atoms with Crippen molar-refractivity contribution in [1.29, 1.82) is 0 Å². The Morgan fingerprint density at radius 3 is 2.57 bits per heavy atom. The van der Waals surface area contributed by atoms with Gasteiger partial charge in [-0.1, -0.05) is 12.5 Å². The van der Waals surface area contributed by atoms with Gasteiger partial charge in [-0.15, -0.1) is 6.58 Å². The third kappa shape index (κ3) is 1.17. The molecule has 2 saturated carbocycles. The van der Waals surface area contributed by atoms with Crippen molar-refractivity contribution in [2.24, 2.45) is 5.41 Å². The van der Waals surface area contributed by atoms with Crippen LogP contribution in [0.3, 0.4) is 0 Å². The summed E-state index contributed by atoms with van der Waals surface area (Å²) in [6.45, 7) is 3.71. The van der Waals surface area contributed by atoms with Gasteiger partial charge in [-0.3, -0.25) is 0 Å². The van der Waals surface area contributed by atoms with Gasteiger partial charge in [0.25, 0.3) is 0 Å². The lowest BCUT2D eigenvalue weighted by molar-refractivity contribution is -0.107. The summed E-state index contributed by atoms with van der Waals surface area (Å²) in [7, 11) is 0. The summed E-state index contributed by atoms with van der Waals surface area (Å²) in [5, 5.41) is 20.6. The van der Waals surface area contributed by atoms with Gasteiger partial charge in [-0.05, 0) is 38.5 Å². The second kappa shape index (κ2) is 3.35. The van der Waals surface area contributed by atoms with Gasteiger partial charge < -0.3 is 10.2 Å². The van der Waals surface area contributed by atoms with E-state index in [-0.39, 0.29) is 11.5 Å². The molecule has 0 aromatic carbocycles. The monoisotopic (exact) mass is 196 g/mol. The maximum absolute atomic E-state index is 10.6. The molecule has 3 unspecified atom stereocenters. The quantitative estimate of drug-likeness (QED) is 0.663. The summed E-state index contributed by atoms with van der Waals surface area (Å²) in [6, 6.07) is 0. The minimum absolute atomic E-state index is 0.207. The number of aliphatic hydroxyl groups is 2. The number of aliphatic hydroxyl groups excluding tert-OH is 1. The molecule has 2 nitrogen and oxygen atoms in total. The molecule has 80 valence electrons. The zero-order valence-corrected chi connectivity index (χ0v) is 8.71. The molecule has 0 heterocycles. The fourth-order valence-corrected chi connectivity index (χ4v) is 3.61. The van der Waals surface area contributed by atoms with Crippen molar-refractivity contribution in [3.63, 3.8) is 0 Å². The van der Waals surface area contributed by atoms with Crippen molar-refractivity contribution in [2.75, 3.05) is 0 Å². The fraction of sp³-hybridized carbons (Fsp3) is 0.833. The average molecular weight is 196 g/mol. The molecule has 3 atom stereocenters. The minimum Gasteiger partial charge on any atom is -0.392 e. The van der Waals surface area contributed by atoms with Gasteiger partial charge in [0, 0.05) is 5.41 Å². The lowest BCUT2D eigenvalue weighted by atomic mass is 9.70. The van der Waals surface area contributed by atoms with E-state index in [2.05, 4.69) is 6.58 Å². The van der Waals surface area contributed by atoms with E-state index < -0.39 is 5.60 Å². The van der Waals surface area contributed by atoms with Crippen LogP contribution in [0.5, 0.6) is 0 Å². The summed E-state index contributed by atoms with van der Waals surface area (Å²) in [6.07, 6.45) is 7.88. The molecule has 0 bridgehead atoms. The van der Waals surface area contributed by atoms with E-state index in [0.717, 1.165) is 38.5 Å². The van der Waals surface area contributed by atoms with Crippen molar-refractivity contribution < 1.29 is 10.2 Å². The van der Waals surface area contributed by atoms with E-state index in [0.29, 0.717) is 6.42 Å². The van der Waals surface area contributed by atoms with E-state index in [1.54, 1.807) is 6.08 Å². The molecule has 2 rings (SSSR count). The molecule has 2 N–H and O–H groups in total. The maximum atomic E-state index is 10.6. The van der Waals surface area contributed by atoms with E-state index >= 15 is 0 Å². The minimum atomic E-state index is -0.676. The Morgan fingerprint density at radius 2 is 2.00 bits per heavy atom. The van der Waals surface area contributed by atoms with Crippen LogP contribution in [0.2, 0.25) is 0 Å². The predicted octanol–water partition coefficient (Wildman–Crippen LogP) is 2.01. The van der Waals surface area contributed by atoms with Gasteiger partial charge in [0.2, 0.25) is 0 Å². The summed E-state index contributed by atoms with van der Waals surface area (Å²) >= 11 is 0. The highest BCUT2D eigenvalue weighted by Gasteiger charge is 2.58. The maximum Gasteiger partial charge on any atom is 0.0762 e. The molecular weight excluding hydrogens is 176 g/mol. The largest absolute Gasteiger partial charge is 0.392 e. The SMILES string of the molecule is C=CCC1(O)CCCC12CCCC2O. The second-order valence-corrected chi connectivity index (χ2v) is 4.94. The molecule has 2 aliphatic carbocycles. The topological polar surface area (TPSA) is 40.5 Å². The Morgan fingerprint density at radius 1 is 1.29 bits per heavy atom. The average Bonchev–Trinajstić information content (AvgIpc) is 2.63. The zero-order chi connectivity index (χ0) is 10.2. The van der Waals surface area contributed by atoms with Crippen molar-refractivity contribution in [1.82, 2.24) is 0 Å². The standard InChI is InChI=1S/C12H20O2/c1-2-6-12(14)9-4-8-11(12)7-3-5-10(11)13/h2,10,13-14H,1,3-9H2. The first-order valence-electron chi connectivity index (χ1n) is 5.66. The first-order chi connectivity index (χ1) is 6.65. The third-order valence-electron chi connectivity index (χ3n) is 4.36. The summed E-state index contributed by atoms with van der Waals surface area (Å²) in [5.74, 6) is 0. The second-order valence-electron chi connectivity index (χ2n) is 4.94. The molecule has 0 aromatic heterocycles. The van der Waals surface area contributed by atoms with Crippen LogP contribution < -0.4 is 0 Å². The molecule has 0 aliphatic heterocycles. The van der Waals surface area contributed by atoms with Crippen molar-refractivity contribution in [2.45, 2.75) is 56.7 Å². The number of rotatable bonds is 2. The normalized spacial score (nSPS) is 47.4. The van der Waals surface area contributed by atoms with Gasteiger partial charge >= 0.3 is 0 Å². The molecule has 0 amide bonds. The fourth-order valence-electron chi connectivity index (χ4n) is 3.61. The molecule has 1 spiro atoms. The smallest absolute Gasteiger partial charge is 0.0762 e. The molecule has 2 heteroatoms. The van der Waals surface area contributed by atoms with Gasteiger partial charge in [0.05, 0.1) is 11.7 Å². The highest BCUT2D eigenvalue weighted by Crippen LogP contribution is 2.57. The Labute approximate surface area is 85.6 Å². The molecule has 2 fully saturated rings. The zero-order valence-electron chi connectivity index (χ0n) is 8.71. The Kier molecular flexibility index (Phi) is 2.44. The van der Waals surface area contributed by atoms with Crippen LogP contribution in [0.1, 0.15) is 44.9 Å². The van der Waals surface area contributed by atoms with Crippen LogP contribution >= 0.6 is 0 Å². The lowest BCUT2D eigenvalue weighted by Gasteiger charge is -2.41. The Hall–Kier alpha value is -0.340. The van der Waals surface area contributed by atoms with Crippen LogP contribution in [0.15, 0.2) is 12.7 Å². The highest BCUT2D eigenvalue weighted by atomic mass is 16.3. The first-order valence-corrected chi connectivity index (χ1v) is 5.66. The molecular formula is C12H20O2. The van der Waals surface area contributed by atoms with E-state index in [9.17, 15) is 10.2 Å². The molecule has 0 radical (unpaired) electrons. The van der Waals surface area contributed by atoms with Crippen molar-refractivity contribution in [3.05, 3.63) is 12.7 Å². The van der Waals surface area contributed by atoms with Crippen LogP contribution in [0, 0.1) is 5.41 Å². The van der Waals surface area contributed by atoms with Crippen LogP contribution in [0.4, 0.5) is 0 Å². The van der Waals surface area contributed by atoms with Crippen LogP contribution in [0.25, 0.3) is 0 Å². The van der Waals surface area contributed by atoms with E-state index in [4.69, 9.17) is 0 Å². The highest BCUT2D eigenvalue weighted by molar-refractivity contribution is 5.11. The van der Waals surface area contributed by atoms with Crippen molar-refractivity contribution in [3.8, 4) is 0 Å². The summed E-state index contributed by atoms with van der Waals surface area (Å²) in [5.41, 5.74) is -0.883. The number of hydrogen-bond acceptors (Lipinski definition) is 2. The Balaban J connectivity index is 2.28. The summed E-state index contributed by atoms with van der Waals surface area (Å²) in [4.78, 5) is 0. The van der Waals surface area contributed by atoms with E-state index in [1.807, 2.05) is 0 Å². The molecule has 0 aromatic rings. The van der Waals surface area contributed by atoms with Crippen LogP contribution in [-0.2, 0) is 0 Å². The van der Waals surface area contributed by atoms with Gasteiger partial charge in [0.15, 0.2) is 0 Å². The third-order valence-corrected chi connectivity index (χ3v) is 4.36. The molecule has 0 saturated heterocycles. The van der Waals surface area contributed by atoms with Gasteiger partial charge in [-0.25, -0.2) is 0 Å². The Bertz CT molecular complexity index is 234. The number of hydrogen-bond donors (Lipinski definition) is 2. The first kappa shape index (κ1) is 10.2. The molecule has 14 heavy (non-hydrogen) atoms.